The first-order chi connectivity index (χ1) is 7.67. The topological polar surface area (TPSA) is 40.5 Å². The van der Waals surface area contributed by atoms with E-state index < -0.39 is 0 Å². The van der Waals surface area contributed by atoms with Crippen molar-refractivity contribution in [1.29, 1.82) is 0 Å². The summed E-state index contributed by atoms with van der Waals surface area (Å²) in [5.41, 5.74) is 0.895. The maximum absolute atomic E-state index is 11.4. The number of aliphatic hydroxyl groups is 1. The quantitative estimate of drug-likeness (QED) is 0.809. The third-order valence-corrected chi connectivity index (χ3v) is 3.01. The van der Waals surface area contributed by atoms with Gasteiger partial charge in [0, 0.05) is 29.3 Å². The summed E-state index contributed by atoms with van der Waals surface area (Å²) in [5, 5.41) is 10.5. The van der Waals surface area contributed by atoms with Crippen LogP contribution in [0, 0.1) is 11.8 Å². The first-order valence-corrected chi connectivity index (χ1v) is 5.96. The smallest absolute Gasteiger partial charge is 0.222 e. The van der Waals surface area contributed by atoms with Crippen molar-refractivity contribution in [2.75, 3.05) is 13.7 Å². The molecule has 0 aliphatic heterocycles. The van der Waals surface area contributed by atoms with E-state index in [0.717, 1.165) is 10.4 Å². The lowest BCUT2D eigenvalue weighted by molar-refractivity contribution is -0.130. The van der Waals surface area contributed by atoms with Crippen LogP contribution in [0.25, 0.3) is 0 Å². The maximum atomic E-state index is 11.4. The zero-order valence-corrected chi connectivity index (χ0v) is 10.3. The summed E-state index contributed by atoms with van der Waals surface area (Å²) in [6.07, 6.45) is 0.527. The van der Waals surface area contributed by atoms with Crippen LogP contribution in [0.1, 0.15) is 23.8 Å². The van der Waals surface area contributed by atoms with E-state index >= 15 is 0 Å². The maximum Gasteiger partial charge on any atom is 0.222 e. The van der Waals surface area contributed by atoms with Crippen molar-refractivity contribution in [3.8, 4) is 11.8 Å². The molecule has 0 spiro atoms. The van der Waals surface area contributed by atoms with Gasteiger partial charge in [0.15, 0.2) is 0 Å². The molecule has 0 aliphatic rings. The van der Waals surface area contributed by atoms with Gasteiger partial charge in [-0.05, 0) is 6.07 Å². The van der Waals surface area contributed by atoms with Gasteiger partial charge in [0.25, 0.3) is 0 Å². The molecule has 16 heavy (non-hydrogen) atoms. The summed E-state index contributed by atoms with van der Waals surface area (Å²) in [7, 11) is 1.80. The molecular formula is C12H15NO2S. The molecule has 0 radical (unpaired) electrons. The van der Waals surface area contributed by atoms with E-state index in [0.29, 0.717) is 13.0 Å². The number of hydrogen-bond donors (Lipinski definition) is 1. The molecule has 0 unspecified atom stereocenters. The minimum atomic E-state index is -0.126. The fraction of sp³-hybridized carbons (Fsp3) is 0.417. The van der Waals surface area contributed by atoms with Crippen LogP contribution >= 0.6 is 11.3 Å². The Kier molecular flexibility index (Phi) is 5.03. The molecule has 0 bridgehead atoms. The summed E-state index contributed by atoms with van der Waals surface area (Å²) in [6.45, 7) is 2.35. The molecule has 4 heteroatoms. The fourth-order valence-electron chi connectivity index (χ4n) is 1.26. The summed E-state index contributed by atoms with van der Waals surface area (Å²) < 4.78 is 0. The van der Waals surface area contributed by atoms with Gasteiger partial charge in [-0.2, -0.15) is 0 Å². The average molecular weight is 237 g/mol. The number of rotatable bonds is 3. The SMILES string of the molecule is CCC(=O)N(C)Cc1cc(C#CCO)cs1. The highest BCUT2D eigenvalue weighted by atomic mass is 32.1. The number of amides is 1. The van der Waals surface area contributed by atoms with Crippen LogP contribution in [0.2, 0.25) is 0 Å². The minimum Gasteiger partial charge on any atom is -0.384 e. The molecule has 1 amide bonds. The predicted molar refractivity (Wildman–Crippen MR) is 65.0 cm³/mol. The van der Waals surface area contributed by atoms with Gasteiger partial charge in [-0.25, -0.2) is 0 Å². The Balaban J connectivity index is 2.61. The van der Waals surface area contributed by atoms with Crippen molar-refractivity contribution < 1.29 is 9.90 Å². The summed E-state index contributed by atoms with van der Waals surface area (Å²) in [6, 6.07) is 1.95. The van der Waals surface area contributed by atoms with E-state index in [4.69, 9.17) is 5.11 Å². The van der Waals surface area contributed by atoms with E-state index in [1.165, 1.54) is 0 Å². The highest BCUT2D eigenvalue weighted by molar-refractivity contribution is 7.10. The summed E-state index contributed by atoms with van der Waals surface area (Å²) in [5.74, 6) is 5.57. The van der Waals surface area contributed by atoms with Crippen LogP contribution in [0.5, 0.6) is 0 Å². The van der Waals surface area contributed by atoms with Crippen LogP contribution in [0.15, 0.2) is 11.4 Å². The zero-order valence-electron chi connectivity index (χ0n) is 9.49. The van der Waals surface area contributed by atoms with Crippen molar-refractivity contribution in [3.05, 3.63) is 21.9 Å². The summed E-state index contributed by atoms with van der Waals surface area (Å²) in [4.78, 5) is 14.2. The second-order valence-corrected chi connectivity index (χ2v) is 4.36. The van der Waals surface area contributed by atoms with Crippen LogP contribution < -0.4 is 0 Å². The number of thiophene rings is 1. The van der Waals surface area contributed by atoms with E-state index in [1.54, 1.807) is 23.3 Å². The molecular weight excluding hydrogens is 222 g/mol. The Morgan fingerprint density at radius 3 is 3.00 bits per heavy atom. The largest absolute Gasteiger partial charge is 0.384 e. The number of nitrogens with zero attached hydrogens (tertiary/aromatic N) is 1. The van der Waals surface area contributed by atoms with Crippen molar-refractivity contribution in [2.45, 2.75) is 19.9 Å². The fourth-order valence-corrected chi connectivity index (χ4v) is 2.13. The Labute approximate surface area is 99.7 Å². The van der Waals surface area contributed by atoms with Gasteiger partial charge in [-0.1, -0.05) is 18.8 Å². The van der Waals surface area contributed by atoms with Crippen molar-refractivity contribution in [1.82, 2.24) is 4.90 Å². The van der Waals surface area contributed by atoms with Gasteiger partial charge in [0.1, 0.15) is 6.61 Å². The second-order valence-electron chi connectivity index (χ2n) is 3.36. The third kappa shape index (κ3) is 3.69. The molecule has 0 saturated carbocycles. The first kappa shape index (κ1) is 12.8. The zero-order chi connectivity index (χ0) is 12.0. The number of carbonyl (C=O) groups excluding carboxylic acids is 1. The van der Waals surface area contributed by atoms with Gasteiger partial charge < -0.3 is 10.0 Å². The lowest BCUT2D eigenvalue weighted by atomic mass is 10.3. The van der Waals surface area contributed by atoms with Gasteiger partial charge in [0.2, 0.25) is 5.91 Å². The van der Waals surface area contributed by atoms with Gasteiger partial charge in [0.05, 0.1) is 6.54 Å². The molecule has 3 nitrogen and oxygen atoms in total. The Bertz CT molecular complexity index is 414. The molecule has 1 N–H and O–H groups in total. The highest BCUT2D eigenvalue weighted by Gasteiger charge is 2.07. The Morgan fingerprint density at radius 1 is 1.62 bits per heavy atom. The lowest BCUT2D eigenvalue weighted by Gasteiger charge is -2.14. The van der Waals surface area contributed by atoms with Crippen LogP contribution in [0.4, 0.5) is 0 Å². The second kappa shape index (κ2) is 6.31. The molecule has 0 atom stereocenters. The Morgan fingerprint density at radius 2 is 2.38 bits per heavy atom. The van der Waals surface area contributed by atoms with E-state index in [2.05, 4.69) is 11.8 Å². The monoisotopic (exact) mass is 237 g/mol. The van der Waals surface area contributed by atoms with Crippen LogP contribution in [-0.2, 0) is 11.3 Å². The van der Waals surface area contributed by atoms with Crippen molar-refractivity contribution in [3.63, 3.8) is 0 Å². The molecule has 1 heterocycles. The number of carbonyl (C=O) groups is 1. The standard InChI is InChI=1S/C12H15NO2S/c1-3-12(15)13(2)8-11-7-10(9-16-11)5-4-6-14/h7,9,14H,3,6,8H2,1-2H3. The Hall–Kier alpha value is -1.31. The molecule has 0 fully saturated rings. The minimum absolute atomic E-state index is 0.126. The first-order valence-electron chi connectivity index (χ1n) is 5.08. The van der Waals surface area contributed by atoms with E-state index in [-0.39, 0.29) is 12.5 Å². The molecule has 0 saturated heterocycles. The van der Waals surface area contributed by atoms with E-state index in [9.17, 15) is 4.79 Å². The molecule has 86 valence electrons. The summed E-state index contributed by atoms with van der Waals surface area (Å²) >= 11 is 1.58. The lowest BCUT2D eigenvalue weighted by Crippen LogP contribution is -2.24. The molecule has 1 rings (SSSR count). The normalized spacial score (nSPS) is 9.44. The number of aliphatic hydroxyl groups excluding tert-OH is 1. The van der Waals surface area contributed by atoms with Crippen molar-refractivity contribution >= 4 is 17.2 Å². The van der Waals surface area contributed by atoms with Gasteiger partial charge in [-0.3, -0.25) is 4.79 Å². The van der Waals surface area contributed by atoms with Gasteiger partial charge >= 0.3 is 0 Å². The third-order valence-electron chi connectivity index (χ3n) is 2.09. The highest BCUT2D eigenvalue weighted by Crippen LogP contribution is 2.15. The molecule has 1 aromatic heterocycles. The molecule has 0 aliphatic carbocycles. The van der Waals surface area contributed by atoms with E-state index in [1.807, 2.05) is 18.4 Å². The van der Waals surface area contributed by atoms with Crippen LogP contribution in [-0.4, -0.2) is 29.6 Å². The number of hydrogen-bond acceptors (Lipinski definition) is 3. The average Bonchev–Trinajstić information content (AvgIpc) is 2.72. The molecule has 1 aromatic rings. The van der Waals surface area contributed by atoms with Crippen LogP contribution in [0.3, 0.4) is 0 Å². The molecule has 0 aromatic carbocycles. The predicted octanol–water partition coefficient (Wildman–Crippen LogP) is 1.46. The van der Waals surface area contributed by atoms with Gasteiger partial charge in [-0.15, -0.1) is 11.3 Å². The van der Waals surface area contributed by atoms with Crippen molar-refractivity contribution in [2.24, 2.45) is 0 Å².